The van der Waals surface area contributed by atoms with Crippen molar-refractivity contribution in [1.29, 1.82) is 5.26 Å². The molecule has 3 aromatic carbocycles. The van der Waals surface area contributed by atoms with E-state index in [0.717, 1.165) is 37.6 Å². The Morgan fingerprint density at radius 1 is 0.560 bits per heavy atom. The second-order valence-corrected chi connectivity index (χ2v) is 6.74. The van der Waals surface area contributed by atoms with Gasteiger partial charge in [-0.05, 0) is 16.7 Å². The van der Waals surface area contributed by atoms with Crippen molar-refractivity contribution in [3.63, 3.8) is 0 Å². The van der Waals surface area contributed by atoms with Gasteiger partial charge in [-0.2, -0.15) is 5.26 Å². The first-order chi connectivity index (χ1) is 12.4. The molecule has 0 aliphatic carbocycles. The Kier molecular flexibility index (Phi) is 4.16. The first kappa shape index (κ1) is 15.4. The predicted octanol–water partition coefficient (Wildman–Crippen LogP) is 6.62. The molecule has 0 aliphatic heterocycles. The number of benzene rings is 3. The fourth-order valence-electron chi connectivity index (χ4n) is 3.00. The third kappa shape index (κ3) is 2.87. The van der Waals surface area contributed by atoms with Crippen LogP contribution in [0.25, 0.3) is 32.0 Å². The Balaban J connectivity index is 2.04. The van der Waals surface area contributed by atoms with Crippen LogP contribution in [0, 0.1) is 11.3 Å². The molecule has 1 heterocycles. The van der Waals surface area contributed by atoms with Gasteiger partial charge in [-0.1, -0.05) is 91.0 Å². The maximum atomic E-state index is 9.94. The van der Waals surface area contributed by atoms with Crippen molar-refractivity contribution in [1.82, 2.24) is 0 Å². The van der Waals surface area contributed by atoms with E-state index in [1.165, 1.54) is 0 Å². The van der Waals surface area contributed by atoms with Gasteiger partial charge in [-0.3, -0.25) is 0 Å². The predicted molar refractivity (Wildman–Crippen MR) is 105 cm³/mol. The minimum Gasteiger partial charge on any atom is -0.192 e. The molecule has 1 nitrogen and oxygen atoms in total. The molecule has 0 amide bonds. The van der Waals surface area contributed by atoms with Crippen LogP contribution in [-0.2, 0) is 0 Å². The molecule has 0 saturated carbocycles. The molecule has 2 heteroatoms. The molecule has 0 N–H and O–H groups in total. The molecule has 0 spiro atoms. The topological polar surface area (TPSA) is 23.8 Å². The molecule has 0 aliphatic rings. The molecule has 0 bridgehead atoms. The van der Waals surface area contributed by atoms with Crippen LogP contribution in [0.4, 0.5) is 0 Å². The van der Waals surface area contributed by atoms with Gasteiger partial charge in [0.1, 0.15) is 6.07 Å². The Morgan fingerprint density at radius 3 is 1.48 bits per heavy atom. The average Bonchev–Trinajstić information content (AvgIpc) is 3.09. The Morgan fingerprint density at radius 2 is 1.00 bits per heavy atom. The zero-order valence-corrected chi connectivity index (χ0v) is 14.3. The van der Waals surface area contributed by atoms with E-state index in [4.69, 9.17) is 0 Å². The molecule has 0 radical (unpaired) electrons. The van der Waals surface area contributed by atoms with E-state index in [1.807, 2.05) is 54.6 Å². The Labute approximate surface area is 151 Å². The lowest BCUT2D eigenvalue weighted by Crippen LogP contribution is -1.84. The molecule has 4 rings (SSSR count). The first-order valence-electron chi connectivity index (χ1n) is 8.11. The van der Waals surface area contributed by atoms with Crippen LogP contribution < -0.4 is 0 Å². The van der Waals surface area contributed by atoms with Crippen molar-refractivity contribution >= 4 is 11.3 Å². The summed E-state index contributed by atoms with van der Waals surface area (Å²) < 4.78 is 0. The second-order valence-electron chi connectivity index (χ2n) is 5.72. The van der Waals surface area contributed by atoms with Crippen molar-refractivity contribution in [2.75, 3.05) is 0 Å². The smallest absolute Gasteiger partial charge is 0.101 e. The average molecular weight is 337 g/mol. The molecule has 0 fully saturated rings. The van der Waals surface area contributed by atoms with Gasteiger partial charge in [-0.15, -0.1) is 11.3 Å². The van der Waals surface area contributed by atoms with Crippen LogP contribution in [0.15, 0.2) is 91.0 Å². The lowest BCUT2D eigenvalue weighted by atomic mass is 9.96. The van der Waals surface area contributed by atoms with Crippen molar-refractivity contribution in [2.24, 2.45) is 0 Å². The molecule has 1 aromatic heterocycles. The number of rotatable bonds is 3. The van der Waals surface area contributed by atoms with Crippen molar-refractivity contribution in [3.8, 4) is 38.1 Å². The van der Waals surface area contributed by atoms with Crippen LogP contribution in [-0.4, -0.2) is 0 Å². The number of thiophene rings is 1. The third-order valence-electron chi connectivity index (χ3n) is 4.15. The van der Waals surface area contributed by atoms with E-state index in [-0.39, 0.29) is 0 Å². The van der Waals surface area contributed by atoms with E-state index in [0.29, 0.717) is 0 Å². The summed E-state index contributed by atoms with van der Waals surface area (Å²) in [5.74, 6) is 0. The highest BCUT2D eigenvalue weighted by Crippen LogP contribution is 2.46. The summed E-state index contributed by atoms with van der Waals surface area (Å²) in [4.78, 5) is 2.17. The minimum absolute atomic E-state index is 0.751. The molecule has 118 valence electrons. The number of hydrogen-bond acceptors (Lipinski definition) is 2. The molecule has 0 saturated heterocycles. The monoisotopic (exact) mass is 337 g/mol. The van der Waals surface area contributed by atoms with Crippen LogP contribution in [0.1, 0.15) is 5.56 Å². The molecule has 4 aromatic rings. The highest BCUT2D eigenvalue weighted by molar-refractivity contribution is 7.19. The van der Waals surface area contributed by atoms with E-state index in [9.17, 15) is 5.26 Å². The molecule has 25 heavy (non-hydrogen) atoms. The van der Waals surface area contributed by atoms with E-state index >= 15 is 0 Å². The summed E-state index contributed by atoms with van der Waals surface area (Å²) in [6.07, 6.45) is 0. The van der Waals surface area contributed by atoms with Crippen LogP contribution in [0.5, 0.6) is 0 Å². The molecular formula is C23H15NS. The Bertz CT molecular complexity index is 1030. The number of nitrogens with zero attached hydrogens (tertiary/aromatic N) is 1. The van der Waals surface area contributed by atoms with E-state index < -0.39 is 0 Å². The highest BCUT2D eigenvalue weighted by atomic mass is 32.1. The van der Waals surface area contributed by atoms with Gasteiger partial charge in [0, 0.05) is 10.4 Å². The van der Waals surface area contributed by atoms with Crippen LogP contribution in [0.3, 0.4) is 0 Å². The highest BCUT2D eigenvalue weighted by Gasteiger charge is 2.21. The summed E-state index contributed by atoms with van der Waals surface area (Å²) in [5.41, 5.74) is 5.09. The first-order valence-corrected chi connectivity index (χ1v) is 8.93. The largest absolute Gasteiger partial charge is 0.192 e. The molecule has 0 atom stereocenters. The maximum absolute atomic E-state index is 9.94. The lowest BCUT2D eigenvalue weighted by Gasteiger charge is -2.05. The fourth-order valence-corrected chi connectivity index (χ4v) is 4.29. The van der Waals surface area contributed by atoms with Gasteiger partial charge in [0.15, 0.2) is 0 Å². The standard InChI is InChI=1S/C23H15NS/c24-16-20-21(17-10-4-1-5-11-17)23(19-14-8-3-9-15-19)25-22(20)18-12-6-2-7-13-18/h1-15H. The van der Waals surface area contributed by atoms with Crippen molar-refractivity contribution in [3.05, 3.63) is 96.6 Å². The SMILES string of the molecule is N#Cc1c(-c2ccccc2)sc(-c2ccccc2)c1-c1ccccc1. The Hall–Kier alpha value is -3.15. The van der Waals surface area contributed by atoms with Crippen molar-refractivity contribution < 1.29 is 0 Å². The summed E-state index contributed by atoms with van der Waals surface area (Å²) in [7, 11) is 0. The summed E-state index contributed by atoms with van der Waals surface area (Å²) >= 11 is 1.69. The minimum atomic E-state index is 0.751. The summed E-state index contributed by atoms with van der Waals surface area (Å²) in [6.45, 7) is 0. The number of hydrogen-bond donors (Lipinski definition) is 0. The van der Waals surface area contributed by atoms with Gasteiger partial charge in [-0.25, -0.2) is 0 Å². The summed E-state index contributed by atoms with van der Waals surface area (Å²) in [6, 6.07) is 33.1. The van der Waals surface area contributed by atoms with Gasteiger partial charge in [0.25, 0.3) is 0 Å². The maximum Gasteiger partial charge on any atom is 0.101 e. The van der Waals surface area contributed by atoms with E-state index in [1.54, 1.807) is 11.3 Å². The van der Waals surface area contributed by atoms with Gasteiger partial charge in [0.2, 0.25) is 0 Å². The summed E-state index contributed by atoms with van der Waals surface area (Å²) in [5, 5.41) is 9.94. The van der Waals surface area contributed by atoms with Crippen LogP contribution in [0.2, 0.25) is 0 Å². The quantitative estimate of drug-likeness (QED) is 0.412. The van der Waals surface area contributed by atoms with Gasteiger partial charge < -0.3 is 0 Å². The van der Waals surface area contributed by atoms with E-state index in [2.05, 4.69) is 42.5 Å². The van der Waals surface area contributed by atoms with Gasteiger partial charge in [0.05, 0.1) is 10.4 Å². The van der Waals surface area contributed by atoms with Crippen molar-refractivity contribution in [2.45, 2.75) is 0 Å². The zero-order chi connectivity index (χ0) is 17.1. The normalized spacial score (nSPS) is 10.4. The third-order valence-corrected chi connectivity index (χ3v) is 5.44. The molecular weight excluding hydrogens is 322 g/mol. The fraction of sp³-hybridized carbons (Fsp3) is 0. The lowest BCUT2D eigenvalue weighted by molar-refractivity contribution is 1.50. The van der Waals surface area contributed by atoms with Crippen LogP contribution >= 0.6 is 11.3 Å². The number of nitriles is 1. The second kappa shape index (κ2) is 6.76. The van der Waals surface area contributed by atoms with Gasteiger partial charge >= 0.3 is 0 Å². The zero-order valence-electron chi connectivity index (χ0n) is 13.5. The molecule has 0 unspecified atom stereocenters.